The third-order valence-electron chi connectivity index (χ3n) is 3.56. The summed E-state index contributed by atoms with van der Waals surface area (Å²) in [5.41, 5.74) is 10.8. The first kappa shape index (κ1) is 14.1. The lowest BCUT2D eigenvalue weighted by atomic mass is 10.1. The molecule has 0 unspecified atom stereocenters. The highest BCUT2D eigenvalue weighted by molar-refractivity contribution is 5.91. The molecule has 0 radical (unpaired) electrons. The van der Waals surface area contributed by atoms with E-state index in [1.54, 1.807) is 24.7 Å². The summed E-state index contributed by atoms with van der Waals surface area (Å²) in [5, 5.41) is 18.1. The lowest BCUT2D eigenvalue weighted by molar-refractivity contribution is 0.925. The number of nitrogen functional groups attached to an aromatic ring is 1. The Morgan fingerprint density at radius 3 is 2.92 bits per heavy atom. The van der Waals surface area contributed by atoms with Gasteiger partial charge in [-0.1, -0.05) is 0 Å². The minimum atomic E-state index is 0.424. The van der Waals surface area contributed by atoms with Gasteiger partial charge in [-0.15, -0.1) is 0 Å². The van der Waals surface area contributed by atoms with E-state index in [2.05, 4.69) is 35.7 Å². The van der Waals surface area contributed by atoms with E-state index < -0.39 is 0 Å². The van der Waals surface area contributed by atoms with Crippen molar-refractivity contribution in [1.29, 1.82) is 0 Å². The van der Waals surface area contributed by atoms with Crippen molar-refractivity contribution in [2.75, 3.05) is 11.1 Å². The van der Waals surface area contributed by atoms with Crippen LogP contribution in [0.4, 0.5) is 11.5 Å². The van der Waals surface area contributed by atoms with Crippen LogP contribution < -0.4 is 11.1 Å². The number of aromatic amines is 1. The van der Waals surface area contributed by atoms with Crippen LogP contribution in [0.15, 0.2) is 48.9 Å². The molecule has 0 fully saturated rings. The van der Waals surface area contributed by atoms with E-state index in [1.807, 2.05) is 24.3 Å². The Morgan fingerprint density at radius 1 is 1.17 bits per heavy atom. The quantitative estimate of drug-likeness (QED) is 0.526. The summed E-state index contributed by atoms with van der Waals surface area (Å²) in [4.78, 5) is 8.90. The lowest BCUT2D eigenvalue weighted by Gasteiger charge is -2.10. The number of fused-ring (bicyclic) bond motifs is 1. The summed E-state index contributed by atoms with van der Waals surface area (Å²) in [5.74, 6) is 0.424. The molecule has 24 heavy (non-hydrogen) atoms. The summed E-state index contributed by atoms with van der Waals surface area (Å²) < 4.78 is 0. The maximum Gasteiger partial charge on any atom is 0.126 e. The van der Waals surface area contributed by atoms with E-state index in [-0.39, 0.29) is 0 Å². The standard InChI is InChI=1S/C16H14N8/c17-15-7-13(18-9-11-2-1-4-20-23-11)16-14(22-15)6-10(8-19-16)12-3-5-21-24-12/h1-8H,9H2,(H,21,24)(H3,17,18,22). The molecule has 0 aliphatic carbocycles. The average Bonchev–Trinajstić information content (AvgIpc) is 3.14. The van der Waals surface area contributed by atoms with Gasteiger partial charge in [0.05, 0.1) is 29.1 Å². The smallest absolute Gasteiger partial charge is 0.126 e. The maximum absolute atomic E-state index is 5.94. The van der Waals surface area contributed by atoms with Gasteiger partial charge in [-0.2, -0.15) is 15.3 Å². The molecule has 8 nitrogen and oxygen atoms in total. The van der Waals surface area contributed by atoms with Crippen LogP contribution >= 0.6 is 0 Å². The van der Waals surface area contributed by atoms with Crippen LogP contribution in [0.1, 0.15) is 5.69 Å². The predicted molar refractivity (Wildman–Crippen MR) is 90.9 cm³/mol. The first-order valence-electron chi connectivity index (χ1n) is 7.36. The molecule has 0 amide bonds. The fourth-order valence-electron chi connectivity index (χ4n) is 2.45. The topological polar surface area (TPSA) is 118 Å². The monoisotopic (exact) mass is 318 g/mol. The maximum atomic E-state index is 5.94. The molecule has 0 bridgehead atoms. The highest BCUT2D eigenvalue weighted by Crippen LogP contribution is 2.26. The van der Waals surface area contributed by atoms with Crippen LogP contribution in [0.3, 0.4) is 0 Å². The van der Waals surface area contributed by atoms with Crippen molar-refractivity contribution in [3.63, 3.8) is 0 Å². The van der Waals surface area contributed by atoms with Crippen molar-refractivity contribution >= 4 is 22.5 Å². The number of nitrogens with one attached hydrogen (secondary N) is 2. The van der Waals surface area contributed by atoms with Gasteiger partial charge < -0.3 is 11.1 Å². The van der Waals surface area contributed by atoms with Gasteiger partial charge in [0.1, 0.15) is 11.3 Å². The van der Waals surface area contributed by atoms with Crippen molar-refractivity contribution in [2.45, 2.75) is 6.54 Å². The molecule has 4 heterocycles. The number of hydrogen-bond acceptors (Lipinski definition) is 7. The molecule has 4 N–H and O–H groups in total. The van der Waals surface area contributed by atoms with Crippen molar-refractivity contribution < 1.29 is 0 Å². The second-order valence-corrected chi connectivity index (χ2v) is 5.23. The third-order valence-corrected chi connectivity index (χ3v) is 3.56. The Labute approximate surface area is 137 Å². The molecule has 0 aliphatic rings. The van der Waals surface area contributed by atoms with Crippen LogP contribution in [0.5, 0.6) is 0 Å². The summed E-state index contributed by atoms with van der Waals surface area (Å²) in [6, 6.07) is 9.32. The molecule has 118 valence electrons. The van der Waals surface area contributed by atoms with E-state index in [9.17, 15) is 0 Å². The molecule has 0 aromatic carbocycles. The number of anilines is 2. The molecule has 0 aliphatic heterocycles. The number of pyridine rings is 2. The first-order chi connectivity index (χ1) is 11.8. The molecule has 0 atom stereocenters. The van der Waals surface area contributed by atoms with Gasteiger partial charge in [0.15, 0.2) is 0 Å². The zero-order valence-corrected chi connectivity index (χ0v) is 12.6. The van der Waals surface area contributed by atoms with Crippen LogP contribution in [0.2, 0.25) is 0 Å². The minimum absolute atomic E-state index is 0.424. The summed E-state index contributed by atoms with van der Waals surface area (Å²) in [6.45, 7) is 0.524. The number of aromatic nitrogens is 6. The second kappa shape index (κ2) is 5.92. The molecule has 0 saturated heterocycles. The number of nitrogens with zero attached hydrogens (tertiary/aromatic N) is 5. The largest absolute Gasteiger partial charge is 0.384 e. The van der Waals surface area contributed by atoms with Gasteiger partial charge in [0, 0.05) is 30.2 Å². The molecule has 4 aromatic heterocycles. The zero-order chi connectivity index (χ0) is 16.4. The Kier molecular flexibility index (Phi) is 3.47. The Hall–Kier alpha value is -3.55. The van der Waals surface area contributed by atoms with Crippen LogP contribution in [-0.2, 0) is 6.54 Å². The van der Waals surface area contributed by atoms with Gasteiger partial charge in [-0.3, -0.25) is 10.1 Å². The molecule has 4 rings (SSSR count). The number of hydrogen-bond donors (Lipinski definition) is 3. The Morgan fingerprint density at radius 2 is 2.12 bits per heavy atom. The average molecular weight is 318 g/mol. The predicted octanol–water partition coefficient (Wildman–Crippen LogP) is 2.00. The number of rotatable bonds is 4. The minimum Gasteiger partial charge on any atom is -0.384 e. The van der Waals surface area contributed by atoms with E-state index in [0.717, 1.165) is 28.2 Å². The van der Waals surface area contributed by atoms with Gasteiger partial charge >= 0.3 is 0 Å². The van der Waals surface area contributed by atoms with Gasteiger partial charge in [-0.05, 0) is 24.3 Å². The van der Waals surface area contributed by atoms with E-state index >= 15 is 0 Å². The fraction of sp³-hybridized carbons (Fsp3) is 0.0625. The van der Waals surface area contributed by atoms with Crippen LogP contribution in [0, 0.1) is 0 Å². The summed E-state index contributed by atoms with van der Waals surface area (Å²) in [6.07, 6.45) is 5.11. The van der Waals surface area contributed by atoms with Crippen molar-refractivity contribution in [1.82, 2.24) is 30.4 Å². The third kappa shape index (κ3) is 2.72. The van der Waals surface area contributed by atoms with Crippen LogP contribution in [0.25, 0.3) is 22.3 Å². The first-order valence-corrected chi connectivity index (χ1v) is 7.36. The summed E-state index contributed by atoms with van der Waals surface area (Å²) in [7, 11) is 0. The van der Waals surface area contributed by atoms with Gasteiger partial charge in [0.25, 0.3) is 0 Å². The lowest BCUT2D eigenvalue weighted by Crippen LogP contribution is -2.05. The molecule has 0 spiro atoms. The summed E-state index contributed by atoms with van der Waals surface area (Å²) >= 11 is 0. The molecular formula is C16H14N8. The van der Waals surface area contributed by atoms with Crippen LogP contribution in [-0.4, -0.2) is 30.4 Å². The van der Waals surface area contributed by atoms with Crippen molar-refractivity contribution in [3.05, 3.63) is 54.6 Å². The Balaban J connectivity index is 1.70. The number of H-pyrrole nitrogens is 1. The normalized spacial score (nSPS) is 10.8. The Bertz CT molecular complexity index is 966. The number of nitrogens with two attached hydrogens (primary N) is 1. The molecule has 4 aromatic rings. The zero-order valence-electron chi connectivity index (χ0n) is 12.6. The van der Waals surface area contributed by atoms with Crippen molar-refractivity contribution in [3.8, 4) is 11.3 Å². The van der Waals surface area contributed by atoms with Crippen molar-refractivity contribution in [2.24, 2.45) is 0 Å². The van der Waals surface area contributed by atoms with Gasteiger partial charge in [0.2, 0.25) is 0 Å². The second-order valence-electron chi connectivity index (χ2n) is 5.23. The van der Waals surface area contributed by atoms with E-state index in [0.29, 0.717) is 17.9 Å². The fourth-order valence-corrected chi connectivity index (χ4v) is 2.45. The molecular weight excluding hydrogens is 304 g/mol. The molecule has 0 saturated carbocycles. The highest BCUT2D eigenvalue weighted by Gasteiger charge is 2.09. The van der Waals surface area contributed by atoms with E-state index in [1.165, 1.54) is 0 Å². The highest BCUT2D eigenvalue weighted by atomic mass is 15.1. The van der Waals surface area contributed by atoms with Gasteiger partial charge in [-0.25, -0.2) is 4.98 Å². The molecule has 8 heteroatoms. The van der Waals surface area contributed by atoms with E-state index in [4.69, 9.17) is 5.73 Å². The SMILES string of the molecule is Nc1cc(NCc2cccnn2)c2ncc(-c3ccn[nH]3)cc2n1.